The maximum Gasteiger partial charge on any atom is 0.220 e. The monoisotopic (exact) mass is 253 g/mol. The van der Waals surface area contributed by atoms with Gasteiger partial charge < -0.3 is 10.6 Å². The van der Waals surface area contributed by atoms with Crippen molar-refractivity contribution in [1.82, 2.24) is 10.3 Å². The minimum atomic E-state index is 0.110. The first kappa shape index (κ1) is 13.8. The van der Waals surface area contributed by atoms with Crippen LogP contribution in [0.1, 0.15) is 12.0 Å². The van der Waals surface area contributed by atoms with E-state index >= 15 is 0 Å². The largest absolute Gasteiger partial charge is 0.368 e. The summed E-state index contributed by atoms with van der Waals surface area (Å²) in [6, 6.07) is 3.91. The number of amides is 1. The predicted molar refractivity (Wildman–Crippen MR) is 73.5 cm³/mol. The van der Waals surface area contributed by atoms with Crippen molar-refractivity contribution in [1.29, 1.82) is 0 Å². The molecule has 0 radical (unpaired) electrons. The van der Waals surface area contributed by atoms with Crippen molar-refractivity contribution in [3.8, 4) is 0 Å². The van der Waals surface area contributed by atoms with Crippen molar-refractivity contribution in [3.05, 3.63) is 23.9 Å². The molecule has 0 aliphatic carbocycles. The summed E-state index contributed by atoms with van der Waals surface area (Å²) in [5.74, 6) is 1.86. The molecule has 0 unspecified atom stereocenters. The van der Waals surface area contributed by atoms with Crippen molar-refractivity contribution in [3.63, 3.8) is 0 Å². The number of carbonyl (C=O) groups is 1. The van der Waals surface area contributed by atoms with Crippen LogP contribution >= 0.6 is 11.8 Å². The number of nitrogens with one attached hydrogen (secondary N) is 2. The molecule has 1 heterocycles. The summed E-state index contributed by atoms with van der Waals surface area (Å²) in [5.41, 5.74) is 1.11. The number of hydrogen-bond acceptors (Lipinski definition) is 4. The summed E-state index contributed by atoms with van der Waals surface area (Å²) in [6.45, 7) is 3.33. The number of aromatic nitrogens is 1. The van der Waals surface area contributed by atoms with Crippen LogP contribution < -0.4 is 10.6 Å². The number of anilines is 1. The Kier molecular flexibility index (Phi) is 6.47. The first-order chi connectivity index (χ1) is 8.24. The summed E-state index contributed by atoms with van der Waals surface area (Å²) in [4.78, 5) is 15.5. The number of thioether (sulfide) groups is 1. The molecule has 0 fully saturated rings. The Balaban J connectivity index is 2.16. The summed E-state index contributed by atoms with van der Waals surface area (Å²) >= 11 is 1.68. The lowest BCUT2D eigenvalue weighted by Crippen LogP contribution is -2.29. The van der Waals surface area contributed by atoms with E-state index in [0.29, 0.717) is 19.5 Å². The molecular weight excluding hydrogens is 234 g/mol. The molecule has 1 aromatic heterocycles. The van der Waals surface area contributed by atoms with E-state index in [1.807, 2.05) is 25.3 Å². The average molecular weight is 253 g/mol. The molecule has 0 aliphatic rings. The van der Waals surface area contributed by atoms with E-state index in [4.69, 9.17) is 0 Å². The minimum absolute atomic E-state index is 0.110. The van der Waals surface area contributed by atoms with Crippen molar-refractivity contribution in [2.45, 2.75) is 13.3 Å². The van der Waals surface area contributed by atoms with Gasteiger partial charge in [0.25, 0.3) is 0 Å². The van der Waals surface area contributed by atoms with Crippen LogP contribution in [0.4, 0.5) is 5.82 Å². The van der Waals surface area contributed by atoms with Crippen LogP contribution in [0.2, 0.25) is 0 Å². The van der Waals surface area contributed by atoms with Crippen molar-refractivity contribution in [2.75, 3.05) is 30.4 Å². The number of hydrogen-bond donors (Lipinski definition) is 2. The first-order valence-corrected chi connectivity index (χ1v) is 7.04. The topological polar surface area (TPSA) is 54.0 Å². The van der Waals surface area contributed by atoms with E-state index in [1.165, 1.54) is 0 Å². The highest BCUT2D eigenvalue weighted by Crippen LogP contribution is 2.07. The zero-order valence-electron chi connectivity index (χ0n) is 10.3. The van der Waals surface area contributed by atoms with E-state index in [0.717, 1.165) is 17.1 Å². The lowest BCUT2D eigenvalue weighted by Gasteiger charge is -2.08. The highest BCUT2D eigenvalue weighted by Gasteiger charge is 2.00. The molecule has 2 N–H and O–H groups in total. The first-order valence-electron chi connectivity index (χ1n) is 5.65. The third kappa shape index (κ3) is 5.58. The van der Waals surface area contributed by atoms with E-state index in [2.05, 4.69) is 15.6 Å². The Labute approximate surface area is 107 Å². The Morgan fingerprint density at radius 1 is 1.47 bits per heavy atom. The third-order valence-electron chi connectivity index (χ3n) is 2.28. The zero-order chi connectivity index (χ0) is 12.5. The Bertz CT molecular complexity index is 357. The van der Waals surface area contributed by atoms with Crippen molar-refractivity contribution in [2.24, 2.45) is 0 Å². The maximum absolute atomic E-state index is 11.3. The van der Waals surface area contributed by atoms with Gasteiger partial charge in [0.05, 0.1) is 0 Å². The molecule has 1 rings (SSSR count). The van der Waals surface area contributed by atoms with Gasteiger partial charge in [-0.05, 0) is 24.8 Å². The van der Waals surface area contributed by atoms with Crippen LogP contribution in [-0.4, -0.2) is 36.0 Å². The van der Waals surface area contributed by atoms with Gasteiger partial charge in [-0.15, -0.1) is 0 Å². The van der Waals surface area contributed by atoms with Crippen LogP contribution in [0.15, 0.2) is 18.3 Å². The van der Waals surface area contributed by atoms with Gasteiger partial charge in [-0.1, -0.05) is 6.07 Å². The van der Waals surface area contributed by atoms with E-state index in [1.54, 1.807) is 18.0 Å². The summed E-state index contributed by atoms with van der Waals surface area (Å²) < 4.78 is 0. The summed E-state index contributed by atoms with van der Waals surface area (Å²) in [7, 11) is 0. The van der Waals surface area contributed by atoms with Crippen LogP contribution in [0.25, 0.3) is 0 Å². The molecule has 1 aromatic rings. The van der Waals surface area contributed by atoms with Gasteiger partial charge >= 0.3 is 0 Å². The molecule has 4 nitrogen and oxygen atoms in total. The second-order valence-electron chi connectivity index (χ2n) is 3.69. The maximum atomic E-state index is 11.3. The van der Waals surface area contributed by atoms with Gasteiger partial charge in [0.2, 0.25) is 5.91 Å². The van der Waals surface area contributed by atoms with Gasteiger partial charge in [-0.3, -0.25) is 4.79 Å². The molecule has 0 aromatic carbocycles. The minimum Gasteiger partial charge on any atom is -0.368 e. The SMILES string of the molecule is CSCCC(=O)NCCNc1ncccc1C. The second-order valence-corrected chi connectivity index (χ2v) is 4.67. The van der Waals surface area contributed by atoms with E-state index in [9.17, 15) is 4.79 Å². The molecule has 17 heavy (non-hydrogen) atoms. The highest BCUT2D eigenvalue weighted by atomic mass is 32.2. The molecule has 0 spiro atoms. The number of aryl methyl sites for hydroxylation is 1. The Morgan fingerprint density at radius 2 is 2.29 bits per heavy atom. The number of nitrogens with zero attached hydrogens (tertiary/aromatic N) is 1. The quantitative estimate of drug-likeness (QED) is 0.726. The van der Waals surface area contributed by atoms with Crippen LogP contribution in [0, 0.1) is 6.92 Å². The Hall–Kier alpha value is -1.23. The van der Waals surface area contributed by atoms with E-state index in [-0.39, 0.29) is 5.91 Å². The summed E-state index contributed by atoms with van der Waals surface area (Å²) in [6.07, 6.45) is 4.34. The van der Waals surface area contributed by atoms with E-state index < -0.39 is 0 Å². The fourth-order valence-corrected chi connectivity index (χ4v) is 1.73. The normalized spacial score (nSPS) is 10.0. The molecule has 94 valence electrons. The fourth-order valence-electron chi connectivity index (χ4n) is 1.34. The van der Waals surface area contributed by atoms with Crippen molar-refractivity contribution >= 4 is 23.5 Å². The smallest absolute Gasteiger partial charge is 0.220 e. The number of pyridine rings is 1. The Morgan fingerprint density at radius 3 is 3.00 bits per heavy atom. The molecule has 0 aliphatic heterocycles. The van der Waals surface area contributed by atoms with Gasteiger partial charge in [0, 0.05) is 31.5 Å². The third-order valence-corrected chi connectivity index (χ3v) is 2.89. The number of carbonyl (C=O) groups excluding carboxylic acids is 1. The molecule has 0 bridgehead atoms. The van der Waals surface area contributed by atoms with Gasteiger partial charge in [-0.25, -0.2) is 4.98 Å². The second kappa shape index (κ2) is 7.95. The van der Waals surface area contributed by atoms with Crippen LogP contribution in [0.5, 0.6) is 0 Å². The molecule has 1 amide bonds. The highest BCUT2D eigenvalue weighted by molar-refractivity contribution is 7.98. The standard InChI is InChI=1S/C12H19N3OS/c1-10-4-3-6-14-12(10)15-8-7-13-11(16)5-9-17-2/h3-4,6H,5,7-9H2,1-2H3,(H,13,16)(H,14,15). The predicted octanol–water partition coefficient (Wildman–Crippen LogP) is 1.67. The fraction of sp³-hybridized carbons (Fsp3) is 0.500. The lowest BCUT2D eigenvalue weighted by atomic mass is 10.3. The van der Waals surface area contributed by atoms with Gasteiger partial charge in [0.15, 0.2) is 0 Å². The molecule has 5 heteroatoms. The lowest BCUT2D eigenvalue weighted by molar-refractivity contribution is -0.120. The molecule has 0 saturated heterocycles. The molecule has 0 atom stereocenters. The molecular formula is C12H19N3OS. The summed E-state index contributed by atoms with van der Waals surface area (Å²) in [5, 5.41) is 6.06. The van der Waals surface area contributed by atoms with Crippen LogP contribution in [0.3, 0.4) is 0 Å². The van der Waals surface area contributed by atoms with Gasteiger partial charge in [-0.2, -0.15) is 11.8 Å². The van der Waals surface area contributed by atoms with Crippen LogP contribution in [-0.2, 0) is 4.79 Å². The zero-order valence-corrected chi connectivity index (χ0v) is 11.1. The van der Waals surface area contributed by atoms with Crippen molar-refractivity contribution < 1.29 is 4.79 Å². The average Bonchev–Trinajstić information content (AvgIpc) is 2.34. The molecule has 0 saturated carbocycles. The van der Waals surface area contributed by atoms with Gasteiger partial charge in [0.1, 0.15) is 5.82 Å². The number of rotatable bonds is 7.